The zero-order chi connectivity index (χ0) is 13.2. The van der Waals surface area contributed by atoms with Gasteiger partial charge in [-0.25, -0.2) is 0 Å². The Kier molecular flexibility index (Phi) is 3.29. The van der Waals surface area contributed by atoms with Crippen molar-refractivity contribution in [1.29, 1.82) is 0 Å². The molecule has 100 valence electrons. The van der Waals surface area contributed by atoms with Gasteiger partial charge in [0.2, 0.25) is 0 Å². The van der Waals surface area contributed by atoms with E-state index in [2.05, 4.69) is 27.1 Å². The van der Waals surface area contributed by atoms with Crippen LogP contribution in [0.1, 0.15) is 30.1 Å². The lowest BCUT2D eigenvalue weighted by Crippen LogP contribution is -2.29. The Morgan fingerprint density at radius 3 is 2.74 bits per heavy atom. The van der Waals surface area contributed by atoms with Gasteiger partial charge in [0.05, 0.1) is 0 Å². The second-order valence-electron chi connectivity index (χ2n) is 5.26. The van der Waals surface area contributed by atoms with Gasteiger partial charge in [0.25, 0.3) is 5.89 Å². The molecule has 0 bridgehead atoms. The largest absolute Gasteiger partial charge is 0.332 e. The van der Waals surface area contributed by atoms with Gasteiger partial charge in [0.15, 0.2) is 5.82 Å². The van der Waals surface area contributed by atoms with Crippen LogP contribution in [-0.4, -0.2) is 40.2 Å². The summed E-state index contributed by atoms with van der Waals surface area (Å²) < 4.78 is 5.33. The summed E-state index contributed by atoms with van der Waals surface area (Å²) in [7, 11) is 2.15. The Hall–Kier alpha value is -1.75. The average molecular weight is 258 g/mol. The third-order valence-electron chi connectivity index (χ3n) is 3.66. The van der Waals surface area contributed by atoms with Crippen molar-refractivity contribution in [2.24, 2.45) is 0 Å². The summed E-state index contributed by atoms with van der Waals surface area (Å²) in [5.41, 5.74) is 1.87. The molecule has 5 heteroatoms. The van der Waals surface area contributed by atoms with Gasteiger partial charge in [-0.2, -0.15) is 4.98 Å². The first kappa shape index (κ1) is 12.3. The van der Waals surface area contributed by atoms with Crippen LogP contribution in [0.15, 0.2) is 22.9 Å². The SMILES string of the molecule is Cc1ccc(-c2nc(C3CCN(C)CC3)no2)nc1. The molecule has 1 saturated heterocycles. The van der Waals surface area contributed by atoms with E-state index in [1.165, 1.54) is 0 Å². The van der Waals surface area contributed by atoms with Crippen molar-refractivity contribution in [3.8, 4) is 11.6 Å². The minimum absolute atomic E-state index is 0.416. The predicted octanol–water partition coefficient (Wildman–Crippen LogP) is 2.25. The third-order valence-corrected chi connectivity index (χ3v) is 3.66. The molecular formula is C14H18N4O. The van der Waals surface area contributed by atoms with Gasteiger partial charge in [-0.1, -0.05) is 11.2 Å². The summed E-state index contributed by atoms with van der Waals surface area (Å²) in [6.45, 7) is 4.20. The lowest BCUT2D eigenvalue weighted by molar-refractivity contribution is 0.248. The van der Waals surface area contributed by atoms with Crippen LogP contribution < -0.4 is 0 Å². The van der Waals surface area contributed by atoms with Crippen LogP contribution in [0.25, 0.3) is 11.6 Å². The van der Waals surface area contributed by atoms with Crippen LogP contribution in [-0.2, 0) is 0 Å². The Morgan fingerprint density at radius 2 is 2.05 bits per heavy atom. The van der Waals surface area contributed by atoms with E-state index in [0.717, 1.165) is 43.0 Å². The number of rotatable bonds is 2. The van der Waals surface area contributed by atoms with E-state index in [4.69, 9.17) is 4.52 Å². The monoisotopic (exact) mass is 258 g/mol. The highest BCUT2D eigenvalue weighted by molar-refractivity contribution is 5.46. The van der Waals surface area contributed by atoms with E-state index < -0.39 is 0 Å². The summed E-state index contributed by atoms with van der Waals surface area (Å²) in [6, 6.07) is 3.92. The Morgan fingerprint density at radius 1 is 1.26 bits per heavy atom. The first-order valence-electron chi connectivity index (χ1n) is 6.67. The Labute approximate surface area is 112 Å². The highest BCUT2D eigenvalue weighted by Gasteiger charge is 2.23. The molecule has 0 spiro atoms. The molecule has 2 aromatic rings. The summed E-state index contributed by atoms with van der Waals surface area (Å²) in [5, 5.41) is 4.12. The van der Waals surface area contributed by atoms with E-state index >= 15 is 0 Å². The summed E-state index contributed by atoms with van der Waals surface area (Å²) >= 11 is 0. The first-order chi connectivity index (χ1) is 9.22. The number of nitrogens with zero attached hydrogens (tertiary/aromatic N) is 4. The molecule has 2 aromatic heterocycles. The van der Waals surface area contributed by atoms with Gasteiger partial charge >= 0.3 is 0 Å². The lowest BCUT2D eigenvalue weighted by atomic mass is 9.97. The van der Waals surface area contributed by atoms with Crippen LogP contribution in [0.3, 0.4) is 0 Å². The zero-order valence-electron chi connectivity index (χ0n) is 11.3. The molecule has 1 fully saturated rings. The van der Waals surface area contributed by atoms with E-state index in [1.54, 1.807) is 0 Å². The molecule has 5 nitrogen and oxygen atoms in total. The van der Waals surface area contributed by atoms with Crippen molar-refractivity contribution in [3.05, 3.63) is 29.7 Å². The molecule has 1 aliphatic rings. The number of likely N-dealkylation sites (tertiary alicyclic amines) is 1. The van der Waals surface area contributed by atoms with Gasteiger partial charge in [-0.3, -0.25) is 4.98 Å². The number of piperidine rings is 1. The predicted molar refractivity (Wildman–Crippen MR) is 71.7 cm³/mol. The standard InChI is InChI=1S/C14H18N4O/c1-10-3-4-12(15-9-10)14-16-13(17-19-14)11-5-7-18(2)8-6-11/h3-4,9,11H,5-8H2,1-2H3. The van der Waals surface area contributed by atoms with Crippen LogP contribution in [0.5, 0.6) is 0 Å². The zero-order valence-corrected chi connectivity index (χ0v) is 11.3. The summed E-state index contributed by atoms with van der Waals surface area (Å²) in [4.78, 5) is 11.1. The van der Waals surface area contributed by atoms with Crippen molar-refractivity contribution >= 4 is 0 Å². The van der Waals surface area contributed by atoms with Gasteiger partial charge in [-0.05, 0) is 51.5 Å². The average Bonchev–Trinajstić information content (AvgIpc) is 2.90. The van der Waals surface area contributed by atoms with Crippen molar-refractivity contribution < 1.29 is 4.52 Å². The number of aryl methyl sites for hydroxylation is 1. The third kappa shape index (κ3) is 2.66. The second kappa shape index (κ2) is 5.09. The van der Waals surface area contributed by atoms with E-state index in [1.807, 2.05) is 25.3 Å². The highest BCUT2D eigenvalue weighted by Crippen LogP contribution is 2.26. The van der Waals surface area contributed by atoms with Crippen molar-refractivity contribution in [2.75, 3.05) is 20.1 Å². The Balaban J connectivity index is 1.77. The van der Waals surface area contributed by atoms with E-state index in [9.17, 15) is 0 Å². The fourth-order valence-electron chi connectivity index (χ4n) is 2.37. The molecule has 0 radical (unpaired) electrons. The first-order valence-corrected chi connectivity index (χ1v) is 6.67. The number of aromatic nitrogens is 3. The molecule has 0 saturated carbocycles. The van der Waals surface area contributed by atoms with Gasteiger partial charge in [0.1, 0.15) is 5.69 Å². The smallest absolute Gasteiger partial charge is 0.276 e. The fourth-order valence-corrected chi connectivity index (χ4v) is 2.37. The normalized spacial score (nSPS) is 17.8. The molecule has 0 aliphatic carbocycles. The molecule has 3 heterocycles. The second-order valence-corrected chi connectivity index (χ2v) is 5.26. The molecule has 0 aromatic carbocycles. The fraction of sp³-hybridized carbons (Fsp3) is 0.500. The lowest BCUT2D eigenvalue weighted by Gasteiger charge is -2.26. The van der Waals surface area contributed by atoms with E-state index in [-0.39, 0.29) is 0 Å². The quantitative estimate of drug-likeness (QED) is 0.827. The van der Waals surface area contributed by atoms with Gasteiger partial charge < -0.3 is 9.42 Å². The molecule has 0 atom stereocenters. The van der Waals surface area contributed by atoms with E-state index in [0.29, 0.717) is 11.8 Å². The highest BCUT2D eigenvalue weighted by atomic mass is 16.5. The maximum absolute atomic E-state index is 5.33. The maximum atomic E-state index is 5.33. The van der Waals surface area contributed by atoms with Crippen molar-refractivity contribution in [3.63, 3.8) is 0 Å². The van der Waals surface area contributed by atoms with Crippen LogP contribution in [0, 0.1) is 6.92 Å². The molecule has 1 aliphatic heterocycles. The molecule has 3 rings (SSSR count). The van der Waals surface area contributed by atoms with Crippen LogP contribution in [0.4, 0.5) is 0 Å². The molecule has 0 amide bonds. The van der Waals surface area contributed by atoms with Crippen LogP contribution >= 0.6 is 0 Å². The Bertz CT molecular complexity index is 541. The van der Waals surface area contributed by atoms with Crippen molar-refractivity contribution in [2.45, 2.75) is 25.7 Å². The molecule has 0 unspecified atom stereocenters. The number of hydrogen-bond acceptors (Lipinski definition) is 5. The van der Waals surface area contributed by atoms with Gasteiger partial charge in [-0.15, -0.1) is 0 Å². The van der Waals surface area contributed by atoms with Gasteiger partial charge in [0, 0.05) is 12.1 Å². The molecule has 19 heavy (non-hydrogen) atoms. The molecule has 0 N–H and O–H groups in total. The van der Waals surface area contributed by atoms with Crippen molar-refractivity contribution in [1.82, 2.24) is 20.0 Å². The number of pyridine rings is 1. The van der Waals surface area contributed by atoms with Crippen LogP contribution in [0.2, 0.25) is 0 Å². The minimum Gasteiger partial charge on any atom is -0.332 e. The maximum Gasteiger partial charge on any atom is 0.276 e. The molecular weight excluding hydrogens is 240 g/mol. The topological polar surface area (TPSA) is 55.1 Å². The summed E-state index contributed by atoms with van der Waals surface area (Å²) in [5.74, 6) is 1.76. The summed E-state index contributed by atoms with van der Waals surface area (Å²) in [6.07, 6.45) is 4.00. The minimum atomic E-state index is 0.416. The number of hydrogen-bond donors (Lipinski definition) is 0.